The van der Waals surface area contributed by atoms with E-state index in [4.69, 9.17) is 0 Å². The lowest BCUT2D eigenvalue weighted by Gasteiger charge is -2.34. The summed E-state index contributed by atoms with van der Waals surface area (Å²) in [6, 6.07) is 6.22. The van der Waals surface area contributed by atoms with Crippen molar-refractivity contribution in [2.75, 3.05) is 18.0 Å². The second kappa shape index (κ2) is 7.17. The van der Waals surface area contributed by atoms with Gasteiger partial charge in [-0.25, -0.2) is 9.18 Å². The van der Waals surface area contributed by atoms with Crippen molar-refractivity contribution in [3.05, 3.63) is 62.7 Å². The molecule has 1 aromatic heterocycles. The summed E-state index contributed by atoms with van der Waals surface area (Å²) in [7, 11) is 3.11. The standard InChI is InChI=1S/C21H25FN4O3/c1-24-13-17(18(27)25(2)20(24)29)26-11-7-16(8-12-26)23-19(28)21(9-10-21)14-3-5-15(22)6-4-14/h3-6,13,16H,7-12H2,1-2H3,(H,23,28). The average molecular weight is 400 g/mol. The highest BCUT2D eigenvalue weighted by atomic mass is 19.1. The molecule has 1 N–H and O–H groups in total. The first kappa shape index (κ1) is 19.4. The van der Waals surface area contributed by atoms with Crippen molar-refractivity contribution in [1.82, 2.24) is 14.5 Å². The number of aromatic nitrogens is 2. The van der Waals surface area contributed by atoms with Gasteiger partial charge in [-0.05, 0) is 43.4 Å². The quantitative estimate of drug-likeness (QED) is 0.832. The number of rotatable bonds is 4. The summed E-state index contributed by atoms with van der Waals surface area (Å²) in [5.41, 5.74) is 0.186. The van der Waals surface area contributed by atoms with Gasteiger partial charge in [-0.1, -0.05) is 12.1 Å². The molecule has 0 atom stereocenters. The Bertz CT molecular complexity index is 1050. The van der Waals surface area contributed by atoms with Crippen molar-refractivity contribution in [2.45, 2.75) is 37.1 Å². The topological polar surface area (TPSA) is 76.3 Å². The predicted octanol–water partition coefficient (Wildman–Crippen LogP) is 1.04. The smallest absolute Gasteiger partial charge is 0.330 e. The zero-order valence-corrected chi connectivity index (χ0v) is 16.7. The van der Waals surface area contributed by atoms with Gasteiger partial charge in [0.25, 0.3) is 5.56 Å². The van der Waals surface area contributed by atoms with Gasteiger partial charge in [0.15, 0.2) is 0 Å². The first-order valence-corrected chi connectivity index (χ1v) is 9.90. The summed E-state index contributed by atoms with van der Waals surface area (Å²) in [6.07, 6.45) is 4.57. The normalized spacial score (nSPS) is 18.5. The van der Waals surface area contributed by atoms with E-state index in [0.29, 0.717) is 18.8 Å². The molecular weight excluding hydrogens is 375 g/mol. The maximum atomic E-state index is 13.2. The zero-order valence-electron chi connectivity index (χ0n) is 16.7. The van der Waals surface area contributed by atoms with E-state index in [9.17, 15) is 18.8 Å². The largest absolute Gasteiger partial charge is 0.366 e. The van der Waals surface area contributed by atoms with Gasteiger partial charge in [-0.2, -0.15) is 0 Å². The average Bonchev–Trinajstić information content (AvgIpc) is 3.52. The Morgan fingerprint density at radius 3 is 2.31 bits per heavy atom. The second-order valence-electron chi connectivity index (χ2n) is 8.10. The number of benzene rings is 1. The minimum absolute atomic E-state index is 0.000537. The lowest BCUT2D eigenvalue weighted by molar-refractivity contribution is -0.124. The number of nitrogens with zero attached hydrogens (tertiary/aromatic N) is 3. The highest BCUT2D eigenvalue weighted by molar-refractivity contribution is 5.91. The van der Waals surface area contributed by atoms with Crippen LogP contribution >= 0.6 is 0 Å². The highest BCUT2D eigenvalue weighted by Crippen LogP contribution is 2.48. The molecule has 0 radical (unpaired) electrons. The van der Waals surface area contributed by atoms with Crippen LogP contribution in [0, 0.1) is 5.82 Å². The number of halogens is 1. The molecule has 1 aliphatic heterocycles. The summed E-state index contributed by atoms with van der Waals surface area (Å²) in [5.74, 6) is -0.303. The second-order valence-corrected chi connectivity index (χ2v) is 8.10. The van der Waals surface area contributed by atoms with Gasteiger partial charge in [0.05, 0.1) is 5.41 Å². The molecule has 2 fully saturated rings. The number of nitrogens with one attached hydrogen (secondary N) is 1. The van der Waals surface area contributed by atoms with E-state index in [2.05, 4.69) is 5.32 Å². The van der Waals surface area contributed by atoms with Crippen LogP contribution in [0.4, 0.5) is 10.1 Å². The van der Waals surface area contributed by atoms with Gasteiger partial charge in [0.1, 0.15) is 11.5 Å². The zero-order chi connectivity index (χ0) is 20.8. The van der Waals surface area contributed by atoms with Crippen LogP contribution in [0.15, 0.2) is 40.1 Å². The van der Waals surface area contributed by atoms with Crippen molar-refractivity contribution in [3.8, 4) is 0 Å². The minimum Gasteiger partial charge on any atom is -0.366 e. The summed E-state index contributed by atoms with van der Waals surface area (Å²) >= 11 is 0. The number of piperidine rings is 1. The summed E-state index contributed by atoms with van der Waals surface area (Å²) in [6.45, 7) is 1.25. The predicted molar refractivity (Wildman–Crippen MR) is 108 cm³/mol. The van der Waals surface area contributed by atoms with Crippen LogP contribution in [-0.2, 0) is 24.3 Å². The van der Waals surface area contributed by atoms with Crippen molar-refractivity contribution < 1.29 is 9.18 Å². The third-order valence-electron chi connectivity index (χ3n) is 6.18. The molecule has 1 aliphatic carbocycles. The fourth-order valence-electron chi connectivity index (χ4n) is 4.14. The molecule has 1 saturated carbocycles. The van der Waals surface area contributed by atoms with Gasteiger partial charge in [0.2, 0.25) is 5.91 Å². The van der Waals surface area contributed by atoms with E-state index in [1.54, 1.807) is 25.4 Å². The number of hydrogen-bond acceptors (Lipinski definition) is 4. The van der Waals surface area contributed by atoms with Crippen molar-refractivity contribution in [3.63, 3.8) is 0 Å². The van der Waals surface area contributed by atoms with Gasteiger partial charge in [-0.3, -0.25) is 14.2 Å². The van der Waals surface area contributed by atoms with Crippen LogP contribution in [-0.4, -0.2) is 34.2 Å². The number of aryl methyl sites for hydroxylation is 1. The monoisotopic (exact) mass is 400 g/mol. The van der Waals surface area contributed by atoms with E-state index >= 15 is 0 Å². The number of hydrogen-bond donors (Lipinski definition) is 1. The maximum absolute atomic E-state index is 13.2. The lowest BCUT2D eigenvalue weighted by Crippen LogP contribution is -2.49. The van der Waals surface area contributed by atoms with Crippen LogP contribution in [0.25, 0.3) is 0 Å². The van der Waals surface area contributed by atoms with E-state index in [1.165, 1.54) is 23.7 Å². The molecule has 2 aromatic rings. The highest BCUT2D eigenvalue weighted by Gasteiger charge is 2.51. The molecule has 4 rings (SSSR count). The van der Waals surface area contributed by atoms with Gasteiger partial charge >= 0.3 is 5.69 Å². The van der Waals surface area contributed by atoms with Gasteiger partial charge in [0, 0.05) is 39.4 Å². The Balaban J connectivity index is 1.41. The van der Waals surface area contributed by atoms with Gasteiger partial charge in [-0.15, -0.1) is 0 Å². The molecule has 2 heterocycles. The molecule has 29 heavy (non-hydrogen) atoms. The van der Waals surface area contributed by atoms with E-state index in [-0.39, 0.29) is 29.0 Å². The number of carbonyl (C=O) groups excluding carboxylic acids is 1. The van der Waals surface area contributed by atoms with Crippen molar-refractivity contribution in [1.29, 1.82) is 0 Å². The Labute approximate surface area is 167 Å². The first-order chi connectivity index (χ1) is 13.8. The number of carbonyl (C=O) groups is 1. The molecule has 1 amide bonds. The molecule has 154 valence electrons. The number of anilines is 1. The third kappa shape index (κ3) is 3.47. The Kier molecular flexibility index (Phi) is 4.80. The fraction of sp³-hybridized carbons (Fsp3) is 0.476. The fourth-order valence-corrected chi connectivity index (χ4v) is 4.14. The Morgan fingerprint density at radius 2 is 1.72 bits per heavy atom. The molecule has 1 saturated heterocycles. The number of amides is 1. The summed E-state index contributed by atoms with van der Waals surface area (Å²) in [4.78, 5) is 39.2. The van der Waals surface area contributed by atoms with E-state index in [1.807, 2.05) is 4.90 Å². The van der Waals surface area contributed by atoms with E-state index in [0.717, 1.165) is 35.8 Å². The van der Waals surface area contributed by atoms with Crippen molar-refractivity contribution >= 4 is 11.6 Å². The molecule has 8 heteroatoms. The molecule has 0 bridgehead atoms. The molecular formula is C21H25FN4O3. The minimum atomic E-state index is -0.529. The molecule has 7 nitrogen and oxygen atoms in total. The van der Waals surface area contributed by atoms with Crippen LogP contribution in [0.5, 0.6) is 0 Å². The lowest BCUT2D eigenvalue weighted by atomic mass is 9.93. The van der Waals surface area contributed by atoms with Crippen LogP contribution in [0.1, 0.15) is 31.2 Å². The Morgan fingerprint density at radius 1 is 1.10 bits per heavy atom. The van der Waals surface area contributed by atoms with Crippen molar-refractivity contribution in [2.24, 2.45) is 14.1 Å². The SMILES string of the molecule is Cn1cc(N2CCC(NC(=O)C3(c4ccc(F)cc4)CC3)CC2)c(=O)n(C)c1=O. The summed E-state index contributed by atoms with van der Waals surface area (Å²) < 4.78 is 15.7. The van der Waals surface area contributed by atoms with Gasteiger partial charge < -0.3 is 14.8 Å². The molecule has 2 aliphatic rings. The Hall–Kier alpha value is -2.90. The summed E-state index contributed by atoms with van der Waals surface area (Å²) in [5, 5.41) is 3.16. The maximum Gasteiger partial charge on any atom is 0.330 e. The first-order valence-electron chi connectivity index (χ1n) is 9.90. The molecule has 0 unspecified atom stereocenters. The molecule has 0 spiro atoms. The van der Waals surface area contributed by atoms with Crippen LogP contribution in [0.2, 0.25) is 0 Å². The van der Waals surface area contributed by atoms with Crippen LogP contribution < -0.4 is 21.5 Å². The molecule has 1 aromatic carbocycles. The van der Waals surface area contributed by atoms with Crippen LogP contribution in [0.3, 0.4) is 0 Å². The van der Waals surface area contributed by atoms with E-state index < -0.39 is 5.41 Å². The third-order valence-corrected chi connectivity index (χ3v) is 6.18.